The normalized spacial score (nSPS) is 18.1. The Hall–Kier alpha value is -1.46. The van der Waals surface area contributed by atoms with E-state index in [2.05, 4.69) is 10.6 Å². The van der Waals surface area contributed by atoms with Crippen LogP contribution in [0.25, 0.3) is 0 Å². The van der Waals surface area contributed by atoms with Gasteiger partial charge in [0.15, 0.2) is 0 Å². The van der Waals surface area contributed by atoms with Crippen LogP contribution >= 0.6 is 0 Å². The molecule has 0 bridgehead atoms. The minimum absolute atomic E-state index is 0.0614. The van der Waals surface area contributed by atoms with Crippen molar-refractivity contribution in [3.8, 4) is 0 Å². The fourth-order valence-corrected chi connectivity index (χ4v) is 3.24. The fourth-order valence-electron chi connectivity index (χ4n) is 3.24. The maximum atomic E-state index is 13.1. The van der Waals surface area contributed by atoms with E-state index in [1.54, 1.807) is 12.1 Å². The van der Waals surface area contributed by atoms with Gasteiger partial charge in [0.25, 0.3) is 0 Å². The Kier molecular flexibility index (Phi) is 6.13. The third-order valence-electron chi connectivity index (χ3n) is 4.70. The van der Waals surface area contributed by atoms with Crippen LogP contribution in [0.1, 0.15) is 51.1 Å². The smallest absolute Gasteiger partial charge is 0.234 e. The standard InChI is InChI=1S/C18H27FN2O2/c1-13(2)17(14-5-7-15(19)8-6-14)21-16(23)11-20-18(12-22)9-3-4-10-18/h5-8,13,17,20,22H,3-4,9-12H2,1-2H3,(H,21,23). The van der Waals surface area contributed by atoms with E-state index < -0.39 is 0 Å². The van der Waals surface area contributed by atoms with Crippen LogP contribution < -0.4 is 10.6 Å². The van der Waals surface area contributed by atoms with E-state index in [1.807, 2.05) is 13.8 Å². The van der Waals surface area contributed by atoms with E-state index in [4.69, 9.17) is 0 Å². The number of nitrogens with one attached hydrogen (secondary N) is 2. The number of aliphatic hydroxyl groups excluding tert-OH is 1. The van der Waals surface area contributed by atoms with Crippen molar-refractivity contribution < 1.29 is 14.3 Å². The number of hydrogen-bond donors (Lipinski definition) is 3. The molecule has 1 fully saturated rings. The Morgan fingerprint density at radius 2 is 1.87 bits per heavy atom. The maximum absolute atomic E-state index is 13.1. The molecule has 23 heavy (non-hydrogen) atoms. The number of benzene rings is 1. The molecular formula is C18H27FN2O2. The second-order valence-electron chi connectivity index (χ2n) is 6.84. The molecule has 0 aliphatic heterocycles. The summed E-state index contributed by atoms with van der Waals surface area (Å²) >= 11 is 0. The lowest BCUT2D eigenvalue weighted by Gasteiger charge is -2.29. The summed E-state index contributed by atoms with van der Waals surface area (Å²) in [5.74, 6) is -0.189. The van der Waals surface area contributed by atoms with Crippen molar-refractivity contribution in [3.05, 3.63) is 35.6 Å². The van der Waals surface area contributed by atoms with Gasteiger partial charge in [-0.1, -0.05) is 38.8 Å². The quantitative estimate of drug-likeness (QED) is 0.723. The van der Waals surface area contributed by atoms with Crippen LogP contribution in [0.3, 0.4) is 0 Å². The van der Waals surface area contributed by atoms with Crippen LogP contribution in [0.2, 0.25) is 0 Å². The Morgan fingerprint density at radius 1 is 1.26 bits per heavy atom. The lowest BCUT2D eigenvalue weighted by Crippen LogP contribution is -2.50. The van der Waals surface area contributed by atoms with E-state index in [9.17, 15) is 14.3 Å². The predicted octanol–water partition coefficient (Wildman–Crippen LogP) is 2.53. The van der Waals surface area contributed by atoms with Gasteiger partial charge in [0.05, 0.1) is 19.2 Å². The average Bonchev–Trinajstić information content (AvgIpc) is 3.01. The number of carbonyl (C=O) groups excluding carboxylic acids is 1. The van der Waals surface area contributed by atoms with Crippen LogP contribution in [0, 0.1) is 11.7 Å². The molecular weight excluding hydrogens is 295 g/mol. The van der Waals surface area contributed by atoms with Crippen LogP contribution in [0.5, 0.6) is 0 Å². The third kappa shape index (κ3) is 4.75. The van der Waals surface area contributed by atoms with Gasteiger partial charge >= 0.3 is 0 Å². The molecule has 4 nitrogen and oxygen atoms in total. The molecule has 0 radical (unpaired) electrons. The van der Waals surface area contributed by atoms with Gasteiger partial charge in [0.2, 0.25) is 5.91 Å². The van der Waals surface area contributed by atoms with E-state index >= 15 is 0 Å². The summed E-state index contributed by atoms with van der Waals surface area (Å²) in [5.41, 5.74) is 0.591. The topological polar surface area (TPSA) is 61.4 Å². The highest BCUT2D eigenvalue weighted by Gasteiger charge is 2.33. The number of amides is 1. The molecule has 0 saturated heterocycles. The van der Waals surface area contributed by atoms with E-state index in [-0.39, 0.29) is 42.4 Å². The molecule has 1 aliphatic carbocycles. The molecule has 5 heteroatoms. The van der Waals surface area contributed by atoms with Gasteiger partial charge in [-0.05, 0) is 36.5 Å². The Morgan fingerprint density at radius 3 is 2.39 bits per heavy atom. The molecule has 1 saturated carbocycles. The number of hydrogen-bond acceptors (Lipinski definition) is 3. The number of carbonyl (C=O) groups is 1. The first kappa shape index (κ1) is 17.9. The van der Waals surface area contributed by atoms with Crippen molar-refractivity contribution in [1.82, 2.24) is 10.6 Å². The number of rotatable bonds is 7. The van der Waals surface area contributed by atoms with Gasteiger partial charge in [0, 0.05) is 5.54 Å². The van der Waals surface area contributed by atoms with Gasteiger partial charge < -0.3 is 15.7 Å². The highest BCUT2D eigenvalue weighted by atomic mass is 19.1. The molecule has 1 aromatic rings. The molecule has 3 N–H and O–H groups in total. The lowest BCUT2D eigenvalue weighted by atomic mass is 9.95. The van der Waals surface area contributed by atoms with Gasteiger partial charge in [-0.3, -0.25) is 4.79 Å². The summed E-state index contributed by atoms with van der Waals surface area (Å²) in [6.45, 7) is 4.29. The van der Waals surface area contributed by atoms with Crippen LogP contribution in [0.15, 0.2) is 24.3 Å². The van der Waals surface area contributed by atoms with Crippen LogP contribution in [0.4, 0.5) is 4.39 Å². The Bertz CT molecular complexity index is 510. The van der Waals surface area contributed by atoms with Crippen molar-refractivity contribution in [2.75, 3.05) is 13.2 Å². The first-order chi connectivity index (χ1) is 11.0. The molecule has 2 rings (SSSR count). The van der Waals surface area contributed by atoms with Crippen LogP contribution in [-0.4, -0.2) is 29.7 Å². The zero-order valence-corrected chi connectivity index (χ0v) is 13.9. The van der Waals surface area contributed by atoms with E-state index in [0.717, 1.165) is 31.2 Å². The molecule has 128 valence electrons. The second kappa shape index (κ2) is 7.88. The summed E-state index contributed by atoms with van der Waals surface area (Å²) in [4.78, 5) is 12.3. The minimum atomic E-state index is -0.305. The molecule has 1 unspecified atom stereocenters. The molecule has 0 aromatic heterocycles. The average molecular weight is 322 g/mol. The monoisotopic (exact) mass is 322 g/mol. The Labute approximate surface area is 137 Å². The summed E-state index contributed by atoms with van der Waals surface area (Å²) < 4.78 is 13.1. The lowest BCUT2D eigenvalue weighted by molar-refractivity contribution is -0.121. The largest absolute Gasteiger partial charge is 0.394 e. The SMILES string of the molecule is CC(C)C(NC(=O)CNC1(CO)CCCC1)c1ccc(F)cc1. The maximum Gasteiger partial charge on any atom is 0.234 e. The zero-order chi connectivity index (χ0) is 16.9. The van der Waals surface area contributed by atoms with Gasteiger partial charge in [-0.15, -0.1) is 0 Å². The molecule has 1 amide bonds. The van der Waals surface area contributed by atoms with E-state index in [0.29, 0.717) is 0 Å². The second-order valence-corrected chi connectivity index (χ2v) is 6.84. The molecule has 1 aromatic carbocycles. The Balaban J connectivity index is 1.94. The van der Waals surface area contributed by atoms with E-state index in [1.165, 1.54) is 12.1 Å². The van der Waals surface area contributed by atoms with Crippen LogP contribution in [-0.2, 0) is 4.79 Å². The first-order valence-electron chi connectivity index (χ1n) is 8.36. The fraction of sp³-hybridized carbons (Fsp3) is 0.611. The molecule has 0 heterocycles. The predicted molar refractivity (Wildman–Crippen MR) is 88.4 cm³/mol. The highest BCUT2D eigenvalue weighted by molar-refractivity contribution is 5.78. The van der Waals surface area contributed by atoms with Gasteiger partial charge in [-0.2, -0.15) is 0 Å². The third-order valence-corrected chi connectivity index (χ3v) is 4.70. The number of aliphatic hydroxyl groups is 1. The van der Waals surface area contributed by atoms with Crippen molar-refractivity contribution in [3.63, 3.8) is 0 Å². The molecule has 0 spiro atoms. The molecule has 1 atom stereocenters. The highest BCUT2D eigenvalue weighted by Crippen LogP contribution is 2.29. The van der Waals surface area contributed by atoms with Crippen molar-refractivity contribution >= 4 is 5.91 Å². The molecule has 1 aliphatic rings. The summed E-state index contributed by atoms with van der Waals surface area (Å²) in [6, 6.07) is 6.08. The van der Waals surface area contributed by atoms with Gasteiger partial charge in [-0.25, -0.2) is 4.39 Å². The summed E-state index contributed by atoms with van der Waals surface area (Å²) in [5, 5.41) is 15.8. The summed E-state index contributed by atoms with van der Waals surface area (Å²) in [7, 11) is 0. The van der Waals surface area contributed by atoms with Crippen molar-refractivity contribution in [1.29, 1.82) is 0 Å². The zero-order valence-electron chi connectivity index (χ0n) is 13.9. The minimum Gasteiger partial charge on any atom is -0.394 e. The van der Waals surface area contributed by atoms with Crippen molar-refractivity contribution in [2.24, 2.45) is 5.92 Å². The van der Waals surface area contributed by atoms with Crippen molar-refractivity contribution in [2.45, 2.75) is 51.1 Å². The first-order valence-corrected chi connectivity index (χ1v) is 8.36. The van der Waals surface area contributed by atoms with Gasteiger partial charge in [0.1, 0.15) is 5.82 Å². The number of halogens is 1. The summed E-state index contributed by atoms with van der Waals surface area (Å²) in [6.07, 6.45) is 3.98.